The van der Waals surface area contributed by atoms with Crippen LogP contribution in [0.2, 0.25) is 0 Å². The van der Waals surface area contributed by atoms with Gasteiger partial charge in [0.1, 0.15) is 6.04 Å². The van der Waals surface area contributed by atoms with E-state index in [-0.39, 0.29) is 17.6 Å². The Balaban J connectivity index is 2.15. The van der Waals surface area contributed by atoms with E-state index < -0.39 is 0 Å². The molecule has 0 aromatic heterocycles. The number of nitrogens with one attached hydrogen (secondary N) is 1. The van der Waals surface area contributed by atoms with Crippen molar-refractivity contribution in [2.24, 2.45) is 5.73 Å². The molecule has 1 fully saturated rings. The number of hydrogen-bond acceptors (Lipinski definition) is 4. The predicted octanol–water partition coefficient (Wildman–Crippen LogP) is 0.424. The Labute approximate surface area is 103 Å². The molecule has 5 nitrogen and oxygen atoms in total. The van der Waals surface area contributed by atoms with Gasteiger partial charge in [0.05, 0.1) is 12.2 Å². The minimum atomic E-state index is -0.367. The number of methoxy groups -OCH3 is 1. The van der Waals surface area contributed by atoms with Gasteiger partial charge in [-0.25, -0.2) is 0 Å². The lowest BCUT2D eigenvalue weighted by atomic mass is 10.1. The monoisotopic (exact) mass is 244 g/mol. The van der Waals surface area contributed by atoms with Crippen LogP contribution in [-0.4, -0.2) is 43.9 Å². The van der Waals surface area contributed by atoms with Crippen LogP contribution in [0.5, 0.6) is 0 Å². The molecule has 0 aromatic carbocycles. The fourth-order valence-electron chi connectivity index (χ4n) is 1.37. The van der Waals surface area contributed by atoms with Crippen molar-refractivity contribution in [3.63, 3.8) is 0 Å². The lowest BCUT2D eigenvalue weighted by Crippen LogP contribution is -2.45. The minimum absolute atomic E-state index is 0.188. The van der Waals surface area contributed by atoms with Crippen molar-refractivity contribution in [1.29, 1.82) is 0 Å². The molecule has 0 saturated heterocycles. The molecule has 1 rings (SSSR count). The molecule has 5 heteroatoms. The summed E-state index contributed by atoms with van der Waals surface area (Å²) >= 11 is 0. The molecule has 1 atom stereocenters. The van der Waals surface area contributed by atoms with Crippen molar-refractivity contribution in [3.05, 3.63) is 0 Å². The Bertz CT molecular complexity index is 252. The van der Waals surface area contributed by atoms with E-state index in [2.05, 4.69) is 5.32 Å². The van der Waals surface area contributed by atoms with E-state index in [1.807, 2.05) is 13.8 Å². The molecule has 3 N–H and O–H groups in total. The van der Waals surface area contributed by atoms with Crippen LogP contribution < -0.4 is 11.1 Å². The Morgan fingerprint density at radius 1 is 1.53 bits per heavy atom. The molecule has 100 valence electrons. The molecular formula is C12H24N2O3. The molecule has 0 spiro atoms. The molecular weight excluding hydrogens is 220 g/mol. The highest BCUT2D eigenvalue weighted by Gasteiger charge is 2.27. The van der Waals surface area contributed by atoms with Gasteiger partial charge in [0.15, 0.2) is 0 Å². The third kappa shape index (κ3) is 6.00. The zero-order valence-corrected chi connectivity index (χ0v) is 11.0. The molecule has 1 amide bonds. The number of hydrogen-bond donors (Lipinski definition) is 2. The van der Waals surface area contributed by atoms with Crippen LogP contribution in [0.4, 0.5) is 0 Å². The summed E-state index contributed by atoms with van der Waals surface area (Å²) in [5, 5.41) is 3.17. The number of amides is 1. The van der Waals surface area contributed by atoms with E-state index in [4.69, 9.17) is 15.2 Å². The Kier molecular flexibility index (Phi) is 5.36. The first kappa shape index (κ1) is 14.4. The van der Waals surface area contributed by atoms with Gasteiger partial charge in [-0.3, -0.25) is 4.79 Å². The van der Waals surface area contributed by atoms with E-state index in [0.717, 1.165) is 19.3 Å². The quantitative estimate of drug-likeness (QED) is 0.577. The SMILES string of the molecule is COC(C)(C)CCOCC(NC1CC1)C(N)=O. The molecule has 0 aliphatic heterocycles. The molecule has 0 heterocycles. The fraction of sp³-hybridized carbons (Fsp3) is 0.917. The van der Waals surface area contributed by atoms with Crippen molar-refractivity contribution < 1.29 is 14.3 Å². The first-order chi connectivity index (χ1) is 7.94. The van der Waals surface area contributed by atoms with Crippen molar-refractivity contribution in [2.75, 3.05) is 20.3 Å². The summed E-state index contributed by atoms with van der Waals surface area (Å²) < 4.78 is 10.8. The van der Waals surface area contributed by atoms with Gasteiger partial charge in [-0.1, -0.05) is 0 Å². The lowest BCUT2D eigenvalue weighted by Gasteiger charge is -2.23. The van der Waals surface area contributed by atoms with Gasteiger partial charge in [0.25, 0.3) is 0 Å². The van der Waals surface area contributed by atoms with Crippen LogP contribution in [0.25, 0.3) is 0 Å². The summed E-state index contributed by atoms with van der Waals surface area (Å²) in [7, 11) is 1.68. The number of carbonyl (C=O) groups is 1. The Morgan fingerprint density at radius 2 is 2.18 bits per heavy atom. The molecule has 0 aromatic rings. The van der Waals surface area contributed by atoms with Gasteiger partial charge in [-0.05, 0) is 33.1 Å². The zero-order valence-electron chi connectivity index (χ0n) is 11.0. The summed E-state index contributed by atoms with van der Waals surface area (Å²) in [5.74, 6) is -0.345. The smallest absolute Gasteiger partial charge is 0.236 e. The van der Waals surface area contributed by atoms with E-state index in [1.165, 1.54) is 0 Å². The lowest BCUT2D eigenvalue weighted by molar-refractivity contribution is -0.121. The normalized spacial score (nSPS) is 18.1. The van der Waals surface area contributed by atoms with Gasteiger partial charge >= 0.3 is 0 Å². The number of carbonyl (C=O) groups excluding carboxylic acids is 1. The maximum absolute atomic E-state index is 11.2. The second-order valence-electron chi connectivity index (χ2n) is 5.18. The van der Waals surface area contributed by atoms with Crippen LogP contribution in [0.1, 0.15) is 33.1 Å². The highest BCUT2D eigenvalue weighted by atomic mass is 16.5. The highest BCUT2D eigenvalue weighted by Crippen LogP contribution is 2.19. The van der Waals surface area contributed by atoms with Crippen LogP contribution in [0.3, 0.4) is 0 Å². The molecule has 1 aliphatic rings. The predicted molar refractivity (Wildman–Crippen MR) is 65.7 cm³/mol. The van der Waals surface area contributed by atoms with E-state index >= 15 is 0 Å². The van der Waals surface area contributed by atoms with Crippen molar-refractivity contribution in [2.45, 2.75) is 50.8 Å². The molecule has 1 saturated carbocycles. The average molecular weight is 244 g/mol. The Morgan fingerprint density at radius 3 is 2.65 bits per heavy atom. The van der Waals surface area contributed by atoms with Crippen LogP contribution in [0, 0.1) is 0 Å². The maximum Gasteiger partial charge on any atom is 0.236 e. The van der Waals surface area contributed by atoms with Gasteiger partial charge in [0, 0.05) is 19.8 Å². The molecule has 1 aliphatic carbocycles. The summed E-state index contributed by atoms with van der Waals surface area (Å²) in [4.78, 5) is 11.2. The topological polar surface area (TPSA) is 73.6 Å². The number of rotatable bonds is 9. The van der Waals surface area contributed by atoms with Crippen molar-refractivity contribution in [3.8, 4) is 0 Å². The molecule has 1 unspecified atom stereocenters. The summed E-state index contributed by atoms with van der Waals surface area (Å²) in [6.45, 7) is 4.91. The highest BCUT2D eigenvalue weighted by molar-refractivity contribution is 5.80. The maximum atomic E-state index is 11.2. The second-order valence-corrected chi connectivity index (χ2v) is 5.18. The number of nitrogens with two attached hydrogens (primary N) is 1. The summed E-state index contributed by atoms with van der Waals surface area (Å²) in [5.41, 5.74) is 5.11. The van der Waals surface area contributed by atoms with Gasteiger partial charge in [-0.15, -0.1) is 0 Å². The summed E-state index contributed by atoms with van der Waals surface area (Å²) in [6, 6.07) is 0.0830. The zero-order chi connectivity index (χ0) is 12.9. The number of ether oxygens (including phenoxy) is 2. The molecule has 17 heavy (non-hydrogen) atoms. The van der Waals surface area contributed by atoms with Crippen LogP contribution in [-0.2, 0) is 14.3 Å². The van der Waals surface area contributed by atoms with Gasteiger partial charge in [0.2, 0.25) is 5.91 Å². The first-order valence-corrected chi connectivity index (χ1v) is 6.13. The van der Waals surface area contributed by atoms with Crippen molar-refractivity contribution >= 4 is 5.91 Å². The number of primary amides is 1. The van der Waals surface area contributed by atoms with E-state index in [1.54, 1.807) is 7.11 Å². The fourth-order valence-corrected chi connectivity index (χ4v) is 1.37. The molecule has 0 bridgehead atoms. The van der Waals surface area contributed by atoms with Crippen LogP contribution >= 0.6 is 0 Å². The minimum Gasteiger partial charge on any atom is -0.379 e. The van der Waals surface area contributed by atoms with Crippen LogP contribution in [0.15, 0.2) is 0 Å². The second kappa shape index (κ2) is 6.33. The van der Waals surface area contributed by atoms with E-state index in [9.17, 15) is 4.79 Å². The summed E-state index contributed by atoms with van der Waals surface area (Å²) in [6.07, 6.45) is 3.04. The van der Waals surface area contributed by atoms with Gasteiger partial charge < -0.3 is 20.5 Å². The first-order valence-electron chi connectivity index (χ1n) is 6.13. The average Bonchev–Trinajstić information content (AvgIpc) is 3.06. The third-order valence-corrected chi connectivity index (χ3v) is 3.04. The third-order valence-electron chi connectivity index (χ3n) is 3.04. The van der Waals surface area contributed by atoms with Crippen molar-refractivity contribution in [1.82, 2.24) is 5.32 Å². The largest absolute Gasteiger partial charge is 0.379 e. The molecule has 0 radical (unpaired) electrons. The Hall–Kier alpha value is -0.650. The van der Waals surface area contributed by atoms with E-state index in [0.29, 0.717) is 19.3 Å². The standard InChI is InChI=1S/C12H24N2O3/c1-12(2,16-3)6-7-17-8-10(11(13)15)14-9-4-5-9/h9-10,14H,4-8H2,1-3H3,(H2,13,15). The van der Waals surface area contributed by atoms with Gasteiger partial charge in [-0.2, -0.15) is 0 Å².